The molecule has 2 aromatic heterocycles. The molecular formula is C15H18N4O4S. The number of ether oxygens (including phenoxy) is 1. The van der Waals surface area contributed by atoms with Gasteiger partial charge in [-0.2, -0.15) is 0 Å². The van der Waals surface area contributed by atoms with Gasteiger partial charge in [0, 0.05) is 12.6 Å². The Kier molecular flexibility index (Phi) is 5.19. The van der Waals surface area contributed by atoms with Crippen molar-refractivity contribution in [2.75, 3.05) is 12.4 Å². The molecule has 0 spiro atoms. The van der Waals surface area contributed by atoms with Gasteiger partial charge in [0.15, 0.2) is 23.3 Å². The third-order valence-corrected chi connectivity index (χ3v) is 4.34. The average molecular weight is 350 g/mol. The normalized spacial score (nSPS) is 13.7. The van der Waals surface area contributed by atoms with Crippen molar-refractivity contribution >= 4 is 23.6 Å². The molecule has 0 unspecified atom stereocenters. The van der Waals surface area contributed by atoms with E-state index in [4.69, 9.17) is 9.15 Å². The molecule has 24 heavy (non-hydrogen) atoms. The minimum absolute atomic E-state index is 0.0625. The van der Waals surface area contributed by atoms with Gasteiger partial charge >= 0.3 is 5.97 Å². The summed E-state index contributed by atoms with van der Waals surface area (Å²) < 4.78 is 12.2. The maximum Gasteiger partial charge on any atom is 0.316 e. The number of carbonyl (C=O) groups is 2. The minimum atomic E-state index is -0.462. The van der Waals surface area contributed by atoms with Gasteiger partial charge in [0.1, 0.15) is 0 Å². The van der Waals surface area contributed by atoms with Gasteiger partial charge < -0.3 is 14.5 Å². The molecule has 1 amide bonds. The summed E-state index contributed by atoms with van der Waals surface area (Å²) in [6.45, 7) is 2.36. The first kappa shape index (κ1) is 16.6. The fourth-order valence-corrected chi connectivity index (χ4v) is 2.88. The van der Waals surface area contributed by atoms with Gasteiger partial charge in [0.2, 0.25) is 0 Å². The smallest absolute Gasteiger partial charge is 0.316 e. The quantitative estimate of drug-likeness (QED) is 0.568. The molecule has 1 aliphatic rings. The van der Waals surface area contributed by atoms with Crippen LogP contribution < -0.4 is 5.32 Å². The second kappa shape index (κ2) is 7.52. The summed E-state index contributed by atoms with van der Waals surface area (Å²) >= 11 is 1.22. The van der Waals surface area contributed by atoms with E-state index in [2.05, 4.69) is 15.5 Å². The van der Waals surface area contributed by atoms with Crippen LogP contribution in [-0.2, 0) is 20.9 Å². The van der Waals surface area contributed by atoms with Gasteiger partial charge in [0.05, 0.1) is 12.0 Å². The summed E-state index contributed by atoms with van der Waals surface area (Å²) in [5.41, 5.74) is 0. The molecule has 0 radical (unpaired) electrons. The van der Waals surface area contributed by atoms with Gasteiger partial charge in [-0.1, -0.05) is 11.8 Å². The number of nitrogens with zero attached hydrogens (tertiary/aromatic N) is 3. The molecule has 1 aliphatic carbocycles. The fraction of sp³-hybridized carbons (Fsp3) is 0.467. The van der Waals surface area contributed by atoms with Gasteiger partial charge in [-0.25, -0.2) is 0 Å². The van der Waals surface area contributed by atoms with E-state index >= 15 is 0 Å². The van der Waals surface area contributed by atoms with Gasteiger partial charge in [0.25, 0.3) is 5.91 Å². The zero-order valence-electron chi connectivity index (χ0n) is 13.2. The summed E-state index contributed by atoms with van der Waals surface area (Å²) in [7, 11) is 0. The van der Waals surface area contributed by atoms with Crippen LogP contribution in [0, 0.1) is 0 Å². The van der Waals surface area contributed by atoms with Crippen molar-refractivity contribution in [1.29, 1.82) is 0 Å². The Morgan fingerprint density at radius 2 is 2.29 bits per heavy atom. The third-order valence-electron chi connectivity index (χ3n) is 3.40. The molecule has 8 nitrogen and oxygen atoms in total. The Bertz CT molecular complexity index is 709. The lowest BCUT2D eigenvalue weighted by Crippen LogP contribution is -2.30. The van der Waals surface area contributed by atoms with Crippen LogP contribution in [0.2, 0.25) is 0 Å². The maximum absolute atomic E-state index is 11.8. The SMILES string of the molecule is CCn1c(SCC(=O)OCC(=O)NC2CC2)nnc1-c1ccco1. The third kappa shape index (κ3) is 4.16. The first-order valence-corrected chi connectivity index (χ1v) is 8.70. The van der Waals surface area contributed by atoms with Crippen LogP contribution in [-0.4, -0.2) is 45.0 Å². The summed E-state index contributed by atoms with van der Waals surface area (Å²) in [6.07, 6.45) is 3.57. The van der Waals surface area contributed by atoms with E-state index in [0.717, 1.165) is 12.8 Å². The second-order valence-electron chi connectivity index (χ2n) is 5.32. The van der Waals surface area contributed by atoms with E-state index < -0.39 is 5.97 Å². The van der Waals surface area contributed by atoms with Crippen LogP contribution in [0.3, 0.4) is 0 Å². The number of hydrogen-bond donors (Lipinski definition) is 1. The van der Waals surface area contributed by atoms with Gasteiger partial charge in [-0.15, -0.1) is 10.2 Å². The number of nitrogens with one attached hydrogen (secondary N) is 1. The number of furan rings is 1. The topological polar surface area (TPSA) is 99.2 Å². The Hall–Kier alpha value is -2.29. The molecule has 1 fully saturated rings. The van der Waals surface area contributed by atoms with Crippen molar-refractivity contribution in [3.05, 3.63) is 18.4 Å². The predicted octanol–water partition coefficient (Wildman–Crippen LogP) is 1.47. The molecule has 0 saturated heterocycles. The number of aromatic nitrogens is 3. The Labute approximate surface area is 142 Å². The lowest BCUT2D eigenvalue weighted by Gasteiger charge is -2.06. The van der Waals surface area contributed by atoms with E-state index in [1.165, 1.54) is 11.8 Å². The molecule has 128 valence electrons. The van der Waals surface area contributed by atoms with Crippen molar-refractivity contribution in [1.82, 2.24) is 20.1 Å². The van der Waals surface area contributed by atoms with E-state index in [9.17, 15) is 9.59 Å². The first-order chi connectivity index (χ1) is 11.7. The Balaban J connectivity index is 1.50. The van der Waals surface area contributed by atoms with Crippen molar-refractivity contribution < 1.29 is 18.7 Å². The number of carbonyl (C=O) groups excluding carboxylic acids is 2. The molecule has 0 aliphatic heterocycles. The van der Waals surface area contributed by atoms with E-state index in [-0.39, 0.29) is 24.3 Å². The molecule has 0 atom stereocenters. The van der Waals surface area contributed by atoms with E-state index in [1.807, 2.05) is 11.5 Å². The predicted molar refractivity (Wildman–Crippen MR) is 86.2 cm³/mol. The molecular weight excluding hydrogens is 332 g/mol. The number of thioether (sulfide) groups is 1. The molecule has 2 heterocycles. The minimum Gasteiger partial charge on any atom is -0.461 e. The highest BCUT2D eigenvalue weighted by molar-refractivity contribution is 7.99. The first-order valence-electron chi connectivity index (χ1n) is 7.72. The molecule has 0 aromatic carbocycles. The van der Waals surface area contributed by atoms with Crippen LogP contribution in [0.1, 0.15) is 19.8 Å². The lowest BCUT2D eigenvalue weighted by molar-refractivity contribution is -0.145. The monoisotopic (exact) mass is 350 g/mol. The number of rotatable bonds is 8. The van der Waals surface area contributed by atoms with Crippen molar-refractivity contribution in [2.24, 2.45) is 0 Å². The van der Waals surface area contributed by atoms with Crippen LogP contribution in [0.4, 0.5) is 0 Å². The maximum atomic E-state index is 11.8. The van der Waals surface area contributed by atoms with Crippen molar-refractivity contribution in [2.45, 2.75) is 37.5 Å². The summed E-state index contributed by atoms with van der Waals surface area (Å²) in [6, 6.07) is 3.84. The highest BCUT2D eigenvalue weighted by atomic mass is 32.2. The summed E-state index contributed by atoms with van der Waals surface area (Å²) in [4.78, 5) is 23.2. The highest BCUT2D eigenvalue weighted by Gasteiger charge is 2.23. The van der Waals surface area contributed by atoms with E-state index in [1.54, 1.807) is 18.4 Å². The molecule has 1 saturated carbocycles. The Morgan fingerprint density at radius 1 is 1.46 bits per heavy atom. The largest absolute Gasteiger partial charge is 0.461 e. The molecule has 0 bridgehead atoms. The van der Waals surface area contributed by atoms with Crippen LogP contribution in [0.5, 0.6) is 0 Å². The molecule has 3 rings (SSSR count). The molecule has 1 N–H and O–H groups in total. The summed E-state index contributed by atoms with van der Waals surface area (Å²) in [5.74, 6) is 0.578. The standard InChI is InChI=1S/C15H18N4O4S/c1-2-19-14(11-4-3-7-22-11)17-18-15(19)24-9-13(21)23-8-12(20)16-10-5-6-10/h3-4,7,10H,2,5-6,8-9H2,1H3,(H,16,20). The lowest BCUT2D eigenvalue weighted by atomic mass is 10.4. The van der Waals surface area contributed by atoms with Crippen LogP contribution in [0.25, 0.3) is 11.6 Å². The number of amides is 1. The van der Waals surface area contributed by atoms with Crippen molar-refractivity contribution in [3.63, 3.8) is 0 Å². The van der Waals surface area contributed by atoms with Crippen molar-refractivity contribution in [3.8, 4) is 11.6 Å². The second-order valence-corrected chi connectivity index (χ2v) is 6.26. The zero-order chi connectivity index (χ0) is 16.9. The molecule has 2 aromatic rings. The fourth-order valence-electron chi connectivity index (χ4n) is 2.08. The number of hydrogen-bond acceptors (Lipinski definition) is 7. The average Bonchev–Trinajstić information content (AvgIpc) is 3.08. The van der Waals surface area contributed by atoms with Crippen LogP contribution >= 0.6 is 11.8 Å². The zero-order valence-corrected chi connectivity index (χ0v) is 14.0. The highest BCUT2D eigenvalue weighted by Crippen LogP contribution is 2.24. The molecule has 9 heteroatoms. The summed E-state index contributed by atoms with van der Waals surface area (Å²) in [5, 5.41) is 11.6. The van der Waals surface area contributed by atoms with Gasteiger partial charge in [-0.05, 0) is 31.9 Å². The van der Waals surface area contributed by atoms with Gasteiger partial charge in [-0.3, -0.25) is 14.2 Å². The van der Waals surface area contributed by atoms with Crippen LogP contribution in [0.15, 0.2) is 28.0 Å². The number of esters is 1. The Morgan fingerprint density at radius 3 is 2.96 bits per heavy atom. The van der Waals surface area contributed by atoms with E-state index in [0.29, 0.717) is 23.3 Å².